The Kier molecular flexibility index (Phi) is 4.74. The summed E-state index contributed by atoms with van der Waals surface area (Å²) in [5, 5.41) is 8.79. The molecule has 1 atom stereocenters. The first-order valence-electron chi connectivity index (χ1n) is 10.2. The van der Waals surface area contributed by atoms with Crippen molar-refractivity contribution in [1.82, 2.24) is 30.0 Å². The molecule has 0 aromatic carbocycles. The van der Waals surface area contributed by atoms with Gasteiger partial charge in [0.2, 0.25) is 0 Å². The highest BCUT2D eigenvalue weighted by Gasteiger charge is 2.27. The number of nitrogens with zero attached hydrogens (tertiary/aromatic N) is 5. The monoisotopic (exact) mass is 381 g/mol. The molecular weight excluding hydrogens is 354 g/mol. The molecule has 0 aliphatic carbocycles. The predicted octanol–water partition coefficient (Wildman–Crippen LogP) is 2.21. The Morgan fingerprint density at radius 2 is 2.11 bits per heavy atom. The van der Waals surface area contributed by atoms with Crippen LogP contribution in [0.5, 0.6) is 0 Å². The van der Waals surface area contributed by atoms with Gasteiger partial charge < -0.3 is 14.6 Å². The number of fused-ring (bicyclic) bond motifs is 1. The predicted molar refractivity (Wildman–Crippen MR) is 107 cm³/mol. The summed E-state index contributed by atoms with van der Waals surface area (Å²) in [6, 6.07) is 2.08. The molecule has 2 saturated heterocycles. The molecule has 5 rings (SSSR count). The van der Waals surface area contributed by atoms with E-state index in [9.17, 15) is 0 Å². The maximum absolute atomic E-state index is 5.48. The van der Waals surface area contributed by atoms with Crippen molar-refractivity contribution in [3.63, 3.8) is 0 Å². The van der Waals surface area contributed by atoms with Gasteiger partial charge in [-0.2, -0.15) is 5.10 Å². The van der Waals surface area contributed by atoms with Gasteiger partial charge in [-0.3, -0.25) is 10.00 Å². The van der Waals surface area contributed by atoms with E-state index >= 15 is 0 Å². The Bertz CT molecular complexity index is 943. The van der Waals surface area contributed by atoms with E-state index in [0.29, 0.717) is 5.92 Å². The van der Waals surface area contributed by atoms with E-state index < -0.39 is 0 Å². The fourth-order valence-corrected chi connectivity index (χ4v) is 4.48. The van der Waals surface area contributed by atoms with Crippen molar-refractivity contribution in [1.29, 1.82) is 0 Å². The van der Waals surface area contributed by atoms with Crippen LogP contribution in [0.25, 0.3) is 11.0 Å². The molecule has 8 nitrogen and oxygen atoms in total. The van der Waals surface area contributed by atoms with Gasteiger partial charge in [0.15, 0.2) is 0 Å². The standard InChI is InChI=1S/C20H27N7O/c1-14-23-19-17(4-5-21-19)20(24-14)27-6-2-3-15(13-27)18-16(11-22-25-18)12-26-7-9-28-10-8-26/h4-5,11,15H,2-3,6-10,12-13H2,1H3,(H,22,25)(H,21,23,24). The van der Waals surface area contributed by atoms with Crippen molar-refractivity contribution in [2.45, 2.75) is 32.2 Å². The molecule has 0 saturated carbocycles. The van der Waals surface area contributed by atoms with Gasteiger partial charge in [-0.25, -0.2) is 9.97 Å². The molecule has 5 heterocycles. The van der Waals surface area contributed by atoms with Gasteiger partial charge in [0, 0.05) is 56.1 Å². The molecule has 2 fully saturated rings. The van der Waals surface area contributed by atoms with Crippen LogP contribution >= 0.6 is 0 Å². The van der Waals surface area contributed by atoms with E-state index in [4.69, 9.17) is 9.72 Å². The van der Waals surface area contributed by atoms with E-state index in [2.05, 4.69) is 36.0 Å². The summed E-state index contributed by atoms with van der Waals surface area (Å²) in [6.45, 7) is 8.52. The highest BCUT2D eigenvalue weighted by atomic mass is 16.5. The zero-order chi connectivity index (χ0) is 18.9. The third-order valence-electron chi connectivity index (χ3n) is 5.89. The number of hydrogen-bond acceptors (Lipinski definition) is 6. The summed E-state index contributed by atoms with van der Waals surface area (Å²) in [6.07, 6.45) is 6.27. The molecule has 0 amide bonds. The smallest absolute Gasteiger partial charge is 0.143 e. The Morgan fingerprint density at radius 1 is 1.21 bits per heavy atom. The number of piperidine rings is 1. The molecule has 8 heteroatoms. The average Bonchev–Trinajstić information content (AvgIpc) is 3.37. The van der Waals surface area contributed by atoms with Gasteiger partial charge in [0.05, 0.1) is 24.8 Å². The van der Waals surface area contributed by atoms with Gasteiger partial charge in [0.1, 0.15) is 17.3 Å². The Morgan fingerprint density at radius 3 is 3.00 bits per heavy atom. The van der Waals surface area contributed by atoms with Gasteiger partial charge in [-0.1, -0.05) is 0 Å². The zero-order valence-corrected chi connectivity index (χ0v) is 16.3. The molecule has 1 unspecified atom stereocenters. The number of morpholine rings is 1. The number of H-pyrrole nitrogens is 2. The number of rotatable bonds is 4. The van der Waals surface area contributed by atoms with Crippen molar-refractivity contribution < 1.29 is 4.74 Å². The van der Waals surface area contributed by atoms with Gasteiger partial charge >= 0.3 is 0 Å². The fourth-order valence-electron chi connectivity index (χ4n) is 4.48. The summed E-state index contributed by atoms with van der Waals surface area (Å²) in [7, 11) is 0. The lowest BCUT2D eigenvalue weighted by molar-refractivity contribution is 0.0340. The normalized spacial score (nSPS) is 21.5. The van der Waals surface area contributed by atoms with Crippen molar-refractivity contribution in [2.75, 3.05) is 44.3 Å². The molecule has 3 aromatic heterocycles. The minimum absolute atomic E-state index is 0.441. The second-order valence-corrected chi connectivity index (χ2v) is 7.82. The molecule has 28 heavy (non-hydrogen) atoms. The lowest BCUT2D eigenvalue weighted by Gasteiger charge is -2.34. The first-order chi connectivity index (χ1) is 13.8. The molecule has 2 aliphatic rings. The number of aryl methyl sites for hydroxylation is 1. The van der Waals surface area contributed by atoms with E-state index in [0.717, 1.165) is 75.0 Å². The lowest BCUT2D eigenvalue weighted by atomic mass is 9.92. The minimum Gasteiger partial charge on any atom is -0.379 e. The molecule has 0 bridgehead atoms. The first kappa shape index (κ1) is 17.6. The molecule has 3 aromatic rings. The number of aromatic nitrogens is 5. The fraction of sp³-hybridized carbons (Fsp3) is 0.550. The maximum Gasteiger partial charge on any atom is 0.143 e. The van der Waals surface area contributed by atoms with E-state index in [1.165, 1.54) is 17.7 Å². The van der Waals surface area contributed by atoms with E-state index in [1.807, 2.05) is 19.3 Å². The van der Waals surface area contributed by atoms with Crippen LogP contribution < -0.4 is 4.90 Å². The SMILES string of the molecule is Cc1nc(N2CCCC(c3[nH]ncc3CN3CCOCC3)C2)c2cc[nH]c2n1. The second-order valence-electron chi connectivity index (χ2n) is 7.82. The quantitative estimate of drug-likeness (QED) is 0.721. The number of hydrogen-bond donors (Lipinski definition) is 2. The van der Waals surface area contributed by atoms with Crippen LogP contribution in [0.4, 0.5) is 5.82 Å². The number of aromatic amines is 2. The highest BCUT2D eigenvalue weighted by molar-refractivity contribution is 5.87. The molecule has 2 N–H and O–H groups in total. The Hall–Kier alpha value is -2.45. The van der Waals surface area contributed by atoms with E-state index in [-0.39, 0.29) is 0 Å². The van der Waals surface area contributed by atoms with Crippen molar-refractivity contribution >= 4 is 16.9 Å². The number of nitrogens with one attached hydrogen (secondary N) is 2. The maximum atomic E-state index is 5.48. The summed E-state index contributed by atoms with van der Waals surface area (Å²) >= 11 is 0. The molecule has 0 spiro atoms. The van der Waals surface area contributed by atoms with Gasteiger partial charge in [0.25, 0.3) is 0 Å². The Balaban J connectivity index is 1.38. The van der Waals surface area contributed by atoms with E-state index in [1.54, 1.807) is 0 Å². The number of ether oxygens (including phenoxy) is 1. The van der Waals surface area contributed by atoms with Gasteiger partial charge in [-0.05, 0) is 25.8 Å². The highest BCUT2D eigenvalue weighted by Crippen LogP contribution is 2.33. The second kappa shape index (κ2) is 7.52. The van der Waals surface area contributed by atoms with Crippen molar-refractivity contribution in [3.05, 3.63) is 35.5 Å². The van der Waals surface area contributed by atoms with Crippen LogP contribution in [-0.2, 0) is 11.3 Å². The average molecular weight is 381 g/mol. The van der Waals surface area contributed by atoms with Crippen LogP contribution in [0, 0.1) is 6.92 Å². The van der Waals surface area contributed by atoms with Crippen LogP contribution in [0.2, 0.25) is 0 Å². The largest absolute Gasteiger partial charge is 0.379 e. The van der Waals surface area contributed by atoms with Crippen LogP contribution in [0.3, 0.4) is 0 Å². The Labute approximate surface area is 164 Å². The van der Waals surface area contributed by atoms with Gasteiger partial charge in [-0.15, -0.1) is 0 Å². The van der Waals surface area contributed by atoms with Crippen LogP contribution in [0.1, 0.15) is 35.8 Å². The zero-order valence-electron chi connectivity index (χ0n) is 16.3. The first-order valence-corrected chi connectivity index (χ1v) is 10.2. The summed E-state index contributed by atoms with van der Waals surface area (Å²) in [5.41, 5.74) is 3.52. The number of anilines is 1. The third-order valence-corrected chi connectivity index (χ3v) is 5.89. The topological polar surface area (TPSA) is 86.0 Å². The summed E-state index contributed by atoms with van der Waals surface area (Å²) in [4.78, 5) is 17.4. The lowest BCUT2D eigenvalue weighted by Crippen LogP contribution is -2.37. The minimum atomic E-state index is 0.441. The summed E-state index contributed by atoms with van der Waals surface area (Å²) in [5.74, 6) is 2.29. The third kappa shape index (κ3) is 3.38. The summed E-state index contributed by atoms with van der Waals surface area (Å²) < 4.78 is 5.48. The molecule has 148 valence electrons. The molecule has 0 radical (unpaired) electrons. The van der Waals surface area contributed by atoms with Crippen LogP contribution in [-0.4, -0.2) is 69.4 Å². The van der Waals surface area contributed by atoms with Crippen LogP contribution in [0.15, 0.2) is 18.5 Å². The van der Waals surface area contributed by atoms with Crippen molar-refractivity contribution in [3.8, 4) is 0 Å². The molecule has 2 aliphatic heterocycles. The van der Waals surface area contributed by atoms with Crippen molar-refractivity contribution in [2.24, 2.45) is 0 Å². The molecular formula is C20H27N7O.